The van der Waals surface area contributed by atoms with Gasteiger partial charge in [-0.1, -0.05) is 48.2 Å². The Hall–Kier alpha value is -4.49. The fourth-order valence-corrected chi connectivity index (χ4v) is 4.97. The number of carbonyl (C=O) groups is 5. The van der Waals surface area contributed by atoms with Crippen LogP contribution in [0.4, 0.5) is 0 Å². The van der Waals surface area contributed by atoms with E-state index < -0.39 is 41.0 Å². The molecule has 1 unspecified atom stereocenters. The summed E-state index contributed by atoms with van der Waals surface area (Å²) in [5.41, 5.74) is 1.93. The minimum Gasteiger partial charge on any atom is -0.457 e. The first kappa shape index (κ1) is 32.4. The zero-order valence-corrected chi connectivity index (χ0v) is 25.6. The molecule has 4 rings (SSSR count). The number of nitrogens with zero attached hydrogens (tertiary/aromatic N) is 1. The largest absolute Gasteiger partial charge is 0.457 e. The smallest absolute Gasteiger partial charge is 0.336 e. The number of rotatable bonds is 12. The molecule has 2 aliphatic rings. The Bertz CT molecular complexity index is 1480. The lowest BCUT2D eigenvalue weighted by molar-refractivity contribution is -0.200. The van der Waals surface area contributed by atoms with Gasteiger partial charge in [-0.3, -0.25) is 19.2 Å². The van der Waals surface area contributed by atoms with Crippen molar-refractivity contribution >= 4 is 29.7 Å². The predicted octanol–water partition coefficient (Wildman–Crippen LogP) is 4.08. The number of esters is 1. The van der Waals surface area contributed by atoms with Gasteiger partial charge in [-0.2, -0.15) is 0 Å². The van der Waals surface area contributed by atoms with Crippen molar-refractivity contribution in [1.29, 1.82) is 0 Å². The van der Waals surface area contributed by atoms with Crippen molar-refractivity contribution in [1.82, 2.24) is 10.4 Å². The van der Waals surface area contributed by atoms with Crippen LogP contribution in [0.3, 0.4) is 0 Å². The van der Waals surface area contributed by atoms with Crippen LogP contribution in [0.15, 0.2) is 48.5 Å². The molecular weight excluding hydrogens is 564 g/mol. The topological polar surface area (TPSA) is 128 Å². The van der Waals surface area contributed by atoms with Crippen LogP contribution in [0.5, 0.6) is 0 Å². The number of imide groups is 1. The van der Waals surface area contributed by atoms with Gasteiger partial charge in [-0.15, -0.1) is 5.06 Å². The normalized spacial score (nSPS) is 16.1. The average Bonchev–Trinajstić information content (AvgIpc) is 3.25. The van der Waals surface area contributed by atoms with E-state index in [1.807, 2.05) is 62.4 Å². The SMILES string of the molecule is CC(C)(CCOC(C)(C)CC(=O)ON1C(=O)CCC1=O)NC(=O)CCC(=O)OC1Cc2ccccc2C#Cc2ccccc21. The number of amides is 3. The molecule has 0 radical (unpaired) electrons. The molecule has 1 heterocycles. The van der Waals surface area contributed by atoms with Crippen LogP contribution in [0.2, 0.25) is 0 Å². The van der Waals surface area contributed by atoms with Crippen molar-refractivity contribution in [2.45, 2.75) is 89.9 Å². The molecule has 1 atom stereocenters. The standard InChI is InChI=1S/C34H38N2O8/c1-33(2,19-20-42-34(3,4)22-32(41)44-36-29(38)16-17-30(36)39)35-28(37)15-18-31(40)43-27-21-25-11-6-5-9-23(25)13-14-24-10-7-8-12-26(24)27/h5-12,27H,15-22H2,1-4H3,(H,35,37). The number of benzene rings is 2. The minimum absolute atomic E-state index is 0.0215. The van der Waals surface area contributed by atoms with E-state index in [-0.39, 0.29) is 44.6 Å². The van der Waals surface area contributed by atoms with Crippen molar-refractivity contribution in [3.63, 3.8) is 0 Å². The number of hydrogen-bond donors (Lipinski definition) is 1. The van der Waals surface area contributed by atoms with Crippen LogP contribution in [-0.4, -0.2) is 52.5 Å². The summed E-state index contributed by atoms with van der Waals surface area (Å²) in [5, 5.41) is 3.44. The quantitative estimate of drug-likeness (QED) is 0.219. The Morgan fingerprint density at radius 1 is 0.886 bits per heavy atom. The second-order valence-electron chi connectivity index (χ2n) is 12.2. The first-order valence-electron chi connectivity index (χ1n) is 14.7. The van der Waals surface area contributed by atoms with Crippen LogP contribution in [0.1, 0.15) is 94.6 Å². The van der Waals surface area contributed by atoms with Crippen molar-refractivity contribution in [3.05, 3.63) is 70.8 Å². The van der Waals surface area contributed by atoms with Gasteiger partial charge >= 0.3 is 11.9 Å². The molecular formula is C34H38N2O8. The summed E-state index contributed by atoms with van der Waals surface area (Å²) in [6.07, 6.45) is 0.118. The van der Waals surface area contributed by atoms with Gasteiger partial charge in [0.1, 0.15) is 6.10 Å². The van der Waals surface area contributed by atoms with Crippen molar-refractivity contribution in [2.75, 3.05) is 6.61 Å². The summed E-state index contributed by atoms with van der Waals surface area (Å²) in [7, 11) is 0. The number of nitrogens with one attached hydrogen (secondary N) is 1. The molecule has 0 bridgehead atoms. The second-order valence-corrected chi connectivity index (χ2v) is 12.2. The first-order chi connectivity index (χ1) is 20.8. The molecule has 232 valence electrons. The first-order valence-corrected chi connectivity index (χ1v) is 14.7. The molecule has 1 saturated heterocycles. The highest BCUT2D eigenvalue weighted by molar-refractivity contribution is 6.01. The predicted molar refractivity (Wildman–Crippen MR) is 159 cm³/mol. The summed E-state index contributed by atoms with van der Waals surface area (Å²) in [6, 6.07) is 15.4. The maximum Gasteiger partial charge on any atom is 0.336 e. The summed E-state index contributed by atoms with van der Waals surface area (Å²) < 4.78 is 11.8. The van der Waals surface area contributed by atoms with Gasteiger partial charge in [0.25, 0.3) is 11.8 Å². The minimum atomic E-state index is -0.936. The highest BCUT2D eigenvalue weighted by atomic mass is 16.7. The van der Waals surface area contributed by atoms with E-state index in [9.17, 15) is 24.0 Å². The Kier molecular flexibility index (Phi) is 10.2. The highest BCUT2D eigenvalue weighted by Crippen LogP contribution is 2.29. The van der Waals surface area contributed by atoms with Crippen LogP contribution >= 0.6 is 0 Å². The molecule has 44 heavy (non-hydrogen) atoms. The molecule has 1 fully saturated rings. The lowest BCUT2D eigenvalue weighted by Gasteiger charge is -2.30. The number of ether oxygens (including phenoxy) is 2. The van der Waals surface area contributed by atoms with Crippen molar-refractivity contribution in [2.24, 2.45) is 0 Å². The summed E-state index contributed by atoms with van der Waals surface area (Å²) in [5.74, 6) is 3.78. The Labute approximate surface area is 257 Å². The van der Waals surface area contributed by atoms with Gasteiger partial charge in [-0.25, -0.2) is 4.79 Å². The summed E-state index contributed by atoms with van der Waals surface area (Å²) in [6.45, 7) is 7.27. The van der Waals surface area contributed by atoms with Crippen LogP contribution < -0.4 is 5.32 Å². The molecule has 0 spiro atoms. The van der Waals surface area contributed by atoms with Crippen LogP contribution in [0, 0.1) is 11.8 Å². The maximum absolute atomic E-state index is 12.9. The fraction of sp³-hybridized carbons (Fsp3) is 0.441. The molecule has 1 N–H and O–H groups in total. The second kappa shape index (κ2) is 13.9. The molecule has 10 heteroatoms. The Morgan fingerprint density at radius 3 is 2.25 bits per heavy atom. The third-order valence-electron chi connectivity index (χ3n) is 7.36. The highest BCUT2D eigenvalue weighted by Gasteiger charge is 2.35. The van der Waals surface area contributed by atoms with Crippen LogP contribution in [0.25, 0.3) is 0 Å². The van der Waals surface area contributed by atoms with E-state index in [0.29, 0.717) is 17.9 Å². The molecule has 2 aromatic carbocycles. The van der Waals surface area contributed by atoms with Crippen molar-refractivity contribution in [3.8, 4) is 11.8 Å². The number of carbonyl (C=O) groups excluding carboxylic acids is 5. The molecule has 0 saturated carbocycles. The third kappa shape index (κ3) is 9.01. The van der Waals surface area contributed by atoms with E-state index in [1.54, 1.807) is 13.8 Å². The zero-order chi connectivity index (χ0) is 31.9. The zero-order valence-electron chi connectivity index (χ0n) is 25.6. The fourth-order valence-electron chi connectivity index (χ4n) is 4.97. The van der Waals surface area contributed by atoms with E-state index in [0.717, 1.165) is 22.3 Å². The van der Waals surface area contributed by atoms with Crippen LogP contribution in [-0.2, 0) is 44.7 Å². The lowest BCUT2D eigenvalue weighted by Crippen LogP contribution is -2.45. The third-order valence-corrected chi connectivity index (χ3v) is 7.36. The molecule has 2 aromatic rings. The van der Waals surface area contributed by atoms with E-state index in [2.05, 4.69) is 17.2 Å². The van der Waals surface area contributed by atoms with Gasteiger partial charge in [0.2, 0.25) is 5.91 Å². The van der Waals surface area contributed by atoms with Gasteiger partial charge in [0, 0.05) is 54.5 Å². The molecule has 3 amide bonds. The maximum atomic E-state index is 12.9. The summed E-state index contributed by atoms with van der Waals surface area (Å²) in [4.78, 5) is 66.2. The summed E-state index contributed by atoms with van der Waals surface area (Å²) >= 11 is 0. The molecule has 10 nitrogen and oxygen atoms in total. The van der Waals surface area contributed by atoms with E-state index >= 15 is 0 Å². The van der Waals surface area contributed by atoms with Gasteiger partial charge in [0.15, 0.2) is 0 Å². The number of hydroxylamine groups is 2. The van der Waals surface area contributed by atoms with E-state index in [4.69, 9.17) is 14.3 Å². The van der Waals surface area contributed by atoms with Gasteiger partial charge in [0.05, 0.1) is 18.4 Å². The number of fused-ring (bicyclic) bond motifs is 2. The van der Waals surface area contributed by atoms with Crippen molar-refractivity contribution < 1.29 is 38.3 Å². The Balaban J connectivity index is 1.22. The molecule has 0 aromatic heterocycles. The monoisotopic (exact) mass is 602 g/mol. The van der Waals surface area contributed by atoms with E-state index in [1.165, 1.54) is 0 Å². The lowest BCUT2D eigenvalue weighted by atomic mass is 9.92. The average molecular weight is 603 g/mol. The molecule has 1 aliphatic heterocycles. The molecule has 1 aliphatic carbocycles. The Morgan fingerprint density at radius 2 is 1.52 bits per heavy atom. The van der Waals surface area contributed by atoms with Gasteiger partial charge < -0.3 is 19.6 Å². The van der Waals surface area contributed by atoms with Gasteiger partial charge in [-0.05, 0) is 51.8 Å². The number of hydrogen-bond acceptors (Lipinski definition) is 8.